The van der Waals surface area contributed by atoms with Gasteiger partial charge in [-0.15, -0.1) is 0 Å². The van der Waals surface area contributed by atoms with E-state index in [-0.39, 0.29) is 5.82 Å². The molecule has 0 aliphatic heterocycles. The average molecular weight is 310 g/mol. The molecule has 0 spiro atoms. The summed E-state index contributed by atoms with van der Waals surface area (Å²) >= 11 is 7.52. The maximum atomic E-state index is 14.0. The van der Waals surface area contributed by atoms with Crippen molar-refractivity contribution in [1.29, 1.82) is 0 Å². The van der Waals surface area contributed by atoms with Crippen molar-refractivity contribution in [2.75, 3.05) is 6.54 Å². The van der Waals surface area contributed by atoms with Crippen LogP contribution in [-0.2, 0) is 6.54 Å². The Labute approximate surface area is 128 Å². The van der Waals surface area contributed by atoms with Crippen LogP contribution < -0.4 is 5.32 Å². The van der Waals surface area contributed by atoms with Crippen molar-refractivity contribution in [1.82, 2.24) is 5.32 Å². The Morgan fingerprint density at radius 2 is 2.00 bits per heavy atom. The quantitative estimate of drug-likeness (QED) is 0.742. The van der Waals surface area contributed by atoms with Crippen molar-refractivity contribution >= 4 is 23.4 Å². The summed E-state index contributed by atoms with van der Waals surface area (Å²) in [5.74, 6) is -0.166. The Bertz CT molecular complexity index is 574. The van der Waals surface area contributed by atoms with Gasteiger partial charge in [0, 0.05) is 26.9 Å². The first kappa shape index (κ1) is 15.4. The molecule has 2 rings (SSSR count). The zero-order valence-electron chi connectivity index (χ0n) is 11.3. The Morgan fingerprint density at radius 3 is 2.75 bits per heavy atom. The SMILES string of the molecule is CCCNCc1c(F)cccc1Sc1cccc(Cl)c1. The minimum Gasteiger partial charge on any atom is -0.313 e. The van der Waals surface area contributed by atoms with Crippen LogP contribution in [0.3, 0.4) is 0 Å². The van der Waals surface area contributed by atoms with Gasteiger partial charge in [0.1, 0.15) is 5.82 Å². The number of benzene rings is 2. The third-order valence-corrected chi connectivity index (χ3v) is 4.16. The molecule has 0 atom stereocenters. The molecule has 0 aliphatic carbocycles. The molecule has 0 radical (unpaired) electrons. The van der Waals surface area contributed by atoms with Gasteiger partial charge in [0.2, 0.25) is 0 Å². The molecule has 0 aromatic heterocycles. The molecule has 0 saturated heterocycles. The van der Waals surface area contributed by atoms with Crippen LogP contribution in [0.25, 0.3) is 0 Å². The van der Waals surface area contributed by atoms with Crippen LogP contribution in [0.1, 0.15) is 18.9 Å². The largest absolute Gasteiger partial charge is 0.313 e. The number of nitrogens with one attached hydrogen (secondary N) is 1. The highest BCUT2D eigenvalue weighted by molar-refractivity contribution is 7.99. The van der Waals surface area contributed by atoms with E-state index in [9.17, 15) is 4.39 Å². The number of hydrogen-bond acceptors (Lipinski definition) is 2. The Kier molecular flexibility index (Phi) is 5.89. The maximum absolute atomic E-state index is 14.0. The molecule has 0 heterocycles. The lowest BCUT2D eigenvalue weighted by atomic mass is 10.2. The molecule has 1 nitrogen and oxygen atoms in total. The van der Waals surface area contributed by atoms with E-state index in [2.05, 4.69) is 12.2 Å². The first-order valence-corrected chi connectivity index (χ1v) is 7.81. The van der Waals surface area contributed by atoms with E-state index in [0.717, 1.165) is 22.8 Å². The molecule has 2 aromatic rings. The number of halogens is 2. The summed E-state index contributed by atoms with van der Waals surface area (Å²) in [4.78, 5) is 1.94. The minimum absolute atomic E-state index is 0.166. The fraction of sp³-hybridized carbons (Fsp3) is 0.250. The first-order chi connectivity index (χ1) is 9.70. The third kappa shape index (κ3) is 4.23. The smallest absolute Gasteiger partial charge is 0.128 e. The normalized spacial score (nSPS) is 10.8. The van der Waals surface area contributed by atoms with Crippen LogP contribution in [-0.4, -0.2) is 6.54 Å². The second-order valence-corrected chi connectivity index (χ2v) is 6.00. The van der Waals surface area contributed by atoms with Crippen LogP contribution in [0.5, 0.6) is 0 Å². The van der Waals surface area contributed by atoms with E-state index in [1.54, 1.807) is 6.07 Å². The Hall–Kier alpha value is -1.03. The maximum Gasteiger partial charge on any atom is 0.128 e. The Balaban J connectivity index is 2.20. The number of rotatable bonds is 6. The fourth-order valence-electron chi connectivity index (χ4n) is 1.85. The van der Waals surface area contributed by atoms with Crippen molar-refractivity contribution in [3.8, 4) is 0 Å². The Morgan fingerprint density at radius 1 is 1.20 bits per heavy atom. The average Bonchev–Trinajstić information content (AvgIpc) is 2.42. The van der Waals surface area contributed by atoms with Gasteiger partial charge in [-0.3, -0.25) is 0 Å². The molecular formula is C16H17ClFNS. The lowest BCUT2D eigenvalue weighted by Gasteiger charge is -2.11. The van der Waals surface area contributed by atoms with Crippen molar-refractivity contribution in [2.24, 2.45) is 0 Å². The standard InChI is InChI=1S/C16H17ClFNS/c1-2-9-19-11-14-15(18)7-4-8-16(14)20-13-6-3-5-12(17)10-13/h3-8,10,19H,2,9,11H2,1H3. The lowest BCUT2D eigenvalue weighted by Crippen LogP contribution is -2.15. The van der Waals surface area contributed by atoms with E-state index in [1.165, 1.54) is 17.8 Å². The van der Waals surface area contributed by atoms with Crippen LogP contribution in [0.15, 0.2) is 52.3 Å². The molecule has 4 heteroatoms. The van der Waals surface area contributed by atoms with Gasteiger partial charge < -0.3 is 5.32 Å². The first-order valence-electron chi connectivity index (χ1n) is 6.62. The van der Waals surface area contributed by atoms with E-state index < -0.39 is 0 Å². The third-order valence-electron chi connectivity index (χ3n) is 2.83. The second-order valence-electron chi connectivity index (χ2n) is 4.45. The molecule has 0 unspecified atom stereocenters. The lowest BCUT2D eigenvalue weighted by molar-refractivity contribution is 0.578. The summed E-state index contributed by atoms with van der Waals surface area (Å²) in [6.45, 7) is 3.52. The zero-order valence-corrected chi connectivity index (χ0v) is 12.9. The van der Waals surface area contributed by atoms with Gasteiger partial charge in [0.25, 0.3) is 0 Å². The van der Waals surface area contributed by atoms with Gasteiger partial charge >= 0.3 is 0 Å². The van der Waals surface area contributed by atoms with Crippen molar-refractivity contribution < 1.29 is 4.39 Å². The molecule has 1 N–H and O–H groups in total. The highest BCUT2D eigenvalue weighted by atomic mass is 35.5. The van der Waals surface area contributed by atoms with E-state index in [4.69, 9.17) is 11.6 Å². The zero-order chi connectivity index (χ0) is 14.4. The molecule has 0 fully saturated rings. The van der Waals surface area contributed by atoms with Gasteiger partial charge in [-0.05, 0) is 43.3 Å². The minimum atomic E-state index is -0.166. The molecule has 20 heavy (non-hydrogen) atoms. The summed E-state index contributed by atoms with van der Waals surface area (Å²) < 4.78 is 14.0. The summed E-state index contributed by atoms with van der Waals surface area (Å²) in [7, 11) is 0. The van der Waals surface area contributed by atoms with E-state index in [1.807, 2.05) is 30.3 Å². The highest BCUT2D eigenvalue weighted by Crippen LogP contribution is 2.32. The van der Waals surface area contributed by atoms with Gasteiger partial charge in [0.15, 0.2) is 0 Å². The van der Waals surface area contributed by atoms with Crippen LogP contribution in [0, 0.1) is 5.82 Å². The molecule has 0 saturated carbocycles. The molecule has 0 amide bonds. The highest BCUT2D eigenvalue weighted by Gasteiger charge is 2.09. The second kappa shape index (κ2) is 7.67. The van der Waals surface area contributed by atoms with Gasteiger partial charge in [-0.1, -0.05) is 42.4 Å². The monoisotopic (exact) mass is 309 g/mol. The van der Waals surface area contributed by atoms with Crippen LogP contribution >= 0.6 is 23.4 Å². The van der Waals surface area contributed by atoms with Crippen molar-refractivity contribution in [2.45, 2.75) is 29.7 Å². The molecular weight excluding hydrogens is 293 g/mol. The van der Waals surface area contributed by atoms with Gasteiger partial charge in [-0.25, -0.2) is 4.39 Å². The predicted molar refractivity (Wildman–Crippen MR) is 84.0 cm³/mol. The molecule has 0 aliphatic rings. The topological polar surface area (TPSA) is 12.0 Å². The number of hydrogen-bond donors (Lipinski definition) is 1. The van der Waals surface area contributed by atoms with Crippen molar-refractivity contribution in [3.05, 3.63) is 58.9 Å². The fourth-order valence-corrected chi connectivity index (χ4v) is 3.13. The summed E-state index contributed by atoms with van der Waals surface area (Å²) in [6, 6.07) is 12.8. The van der Waals surface area contributed by atoms with Gasteiger partial charge in [-0.2, -0.15) is 0 Å². The van der Waals surface area contributed by atoms with E-state index in [0.29, 0.717) is 17.1 Å². The molecule has 0 bridgehead atoms. The summed E-state index contributed by atoms with van der Waals surface area (Å²) in [5, 5.41) is 3.94. The summed E-state index contributed by atoms with van der Waals surface area (Å²) in [6.07, 6.45) is 1.03. The van der Waals surface area contributed by atoms with Crippen LogP contribution in [0.4, 0.5) is 4.39 Å². The molecule has 2 aromatic carbocycles. The summed E-state index contributed by atoms with van der Waals surface area (Å²) in [5.41, 5.74) is 0.714. The predicted octanol–water partition coefficient (Wildman–Crippen LogP) is 5.13. The van der Waals surface area contributed by atoms with E-state index >= 15 is 0 Å². The van der Waals surface area contributed by atoms with Crippen molar-refractivity contribution in [3.63, 3.8) is 0 Å². The van der Waals surface area contributed by atoms with Gasteiger partial charge in [0.05, 0.1) is 0 Å². The molecule has 106 valence electrons. The van der Waals surface area contributed by atoms with Crippen LogP contribution in [0.2, 0.25) is 5.02 Å².